The summed E-state index contributed by atoms with van der Waals surface area (Å²) in [6.45, 7) is 1.83. The zero-order chi connectivity index (χ0) is 9.68. The molecule has 0 amide bonds. The van der Waals surface area contributed by atoms with Crippen molar-refractivity contribution in [2.45, 2.75) is 11.8 Å². The van der Waals surface area contributed by atoms with E-state index in [2.05, 4.69) is 11.8 Å². The van der Waals surface area contributed by atoms with Gasteiger partial charge in [0, 0.05) is 4.90 Å². The lowest BCUT2D eigenvalue weighted by Gasteiger charge is -2.00. The summed E-state index contributed by atoms with van der Waals surface area (Å²) in [5.74, 6) is 6.59. The van der Waals surface area contributed by atoms with Gasteiger partial charge in [-0.2, -0.15) is 0 Å². The Morgan fingerprint density at radius 3 is 2.92 bits per heavy atom. The number of anilines is 1. The van der Waals surface area contributed by atoms with Gasteiger partial charge in [0.25, 0.3) is 0 Å². The van der Waals surface area contributed by atoms with Crippen molar-refractivity contribution >= 4 is 29.1 Å². The Balaban J connectivity index is 2.66. The number of benzene rings is 1. The van der Waals surface area contributed by atoms with Gasteiger partial charge in [0.2, 0.25) is 0 Å². The van der Waals surface area contributed by atoms with Crippen LogP contribution in [0.2, 0.25) is 5.02 Å². The van der Waals surface area contributed by atoms with Crippen LogP contribution in [-0.2, 0) is 0 Å². The Morgan fingerprint density at radius 1 is 1.54 bits per heavy atom. The molecule has 0 spiro atoms. The van der Waals surface area contributed by atoms with Gasteiger partial charge in [-0.25, -0.2) is 0 Å². The molecule has 1 aromatic carbocycles. The average molecular weight is 212 g/mol. The van der Waals surface area contributed by atoms with Gasteiger partial charge in [-0.3, -0.25) is 0 Å². The fraction of sp³-hybridized carbons (Fsp3) is 0.200. The molecule has 0 aliphatic carbocycles. The molecule has 68 valence electrons. The van der Waals surface area contributed by atoms with Crippen LogP contribution in [0.25, 0.3) is 0 Å². The zero-order valence-corrected chi connectivity index (χ0v) is 8.88. The molecule has 0 unspecified atom stereocenters. The first-order valence-electron chi connectivity index (χ1n) is 3.81. The van der Waals surface area contributed by atoms with E-state index >= 15 is 0 Å². The molecule has 3 heteroatoms. The predicted molar refractivity (Wildman–Crippen MR) is 60.0 cm³/mol. The van der Waals surface area contributed by atoms with Crippen LogP contribution in [-0.4, -0.2) is 5.75 Å². The van der Waals surface area contributed by atoms with Gasteiger partial charge in [-0.15, -0.1) is 17.7 Å². The molecule has 0 saturated heterocycles. The van der Waals surface area contributed by atoms with Crippen molar-refractivity contribution in [3.8, 4) is 11.8 Å². The van der Waals surface area contributed by atoms with E-state index in [9.17, 15) is 0 Å². The second kappa shape index (κ2) is 5.06. The number of nitrogens with two attached hydrogens (primary N) is 1. The number of nitrogen functional groups attached to an aromatic ring is 1. The van der Waals surface area contributed by atoms with Crippen molar-refractivity contribution in [3.63, 3.8) is 0 Å². The lowest BCUT2D eigenvalue weighted by atomic mass is 10.3. The molecule has 0 atom stereocenters. The van der Waals surface area contributed by atoms with E-state index in [-0.39, 0.29) is 0 Å². The summed E-state index contributed by atoms with van der Waals surface area (Å²) in [6.07, 6.45) is 0. The lowest BCUT2D eigenvalue weighted by Crippen LogP contribution is -1.85. The lowest BCUT2D eigenvalue weighted by molar-refractivity contribution is 1.46. The van der Waals surface area contributed by atoms with E-state index < -0.39 is 0 Å². The highest BCUT2D eigenvalue weighted by Crippen LogP contribution is 2.25. The first-order valence-corrected chi connectivity index (χ1v) is 5.18. The van der Waals surface area contributed by atoms with Crippen molar-refractivity contribution in [1.82, 2.24) is 0 Å². The third-order valence-corrected chi connectivity index (χ3v) is 2.66. The Labute approximate surface area is 87.7 Å². The van der Waals surface area contributed by atoms with Gasteiger partial charge in [-0.05, 0) is 25.1 Å². The van der Waals surface area contributed by atoms with Crippen LogP contribution in [0, 0.1) is 11.8 Å². The highest BCUT2D eigenvalue weighted by atomic mass is 35.5. The maximum atomic E-state index is 5.85. The molecular formula is C10H10ClNS. The minimum Gasteiger partial charge on any atom is -0.398 e. The fourth-order valence-corrected chi connectivity index (χ4v) is 1.78. The third kappa shape index (κ3) is 3.22. The van der Waals surface area contributed by atoms with Gasteiger partial charge in [0.1, 0.15) is 0 Å². The van der Waals surface area contributed by atoms with Crippen molar-refractivity contribution in [2.24, 2.45) is 0 Å². The van der Waals surface area contributed by atoms with E-state index in [1.165, 1.54) is 0 Å². The molecule has 0 bridgehead atoms. The Bertz CT molecular complexity index is 352. The maximum Gasteiger partial charge on any atom is 0.0646 e. The Hall–Kier alpha value is -0.780. The Morgan fingerprint density at radius 2 is 2.31 bits per heavy atom. The standard InChI is InChI=1S/C10H10ClNS/c1-2-3-6-13-8-4-5-10(12)9(11)7-8/h4-5,7H,6,12H2,1H3. The van der Waals surface area contributed by atoms with Gasteiger partial charge < -0.3 is 5.73 Å². The first kappa shape index (κ1) is 10.3. The van der Waals surface area contributed by atoms with Crippen LogP contribution in [0.15, 0.2) is 23.1 Å². The van der Waals surface area contributed by atoms with Crippen molar-refractivity contribution in [2.75, 3.05) is 11.5 Å². The second-order valence-corrected chi connectivity index (χ2v) is 3.85. The van der Waals surface area contributed by atoms with Crippen molar-refractivity contribution < 1.29 is 0 Å². The average Bonchev–Trinajstić information content (AvgIpc) is 2.12. The van der Waals surface area contributed by atoms with E-state index in [1.807, 2.05) is 25.1 Å². The minimum absolute atomic E-state index is 0.606. The Kier molecular flexibility index (Phi) is 4.01. The van der Waals surface area contributed by atoms with E-state index in [0.29, 0.717) is 10.7 Å². The van der Waals surface area contributed by atoms with Crippen molar-refractivity contribution in [3.05, 3.63) is 23.2 Å². The normalized spacial score (nSPS) is 9.08. The number of halogens is 1. The summed E-state index contributed by atoms with van der Waals surface area (Å²) < 4.78 is 0. The number of hydrogen-bond acceptors (Lipinski definition) is 2. The van der Waals surface area contributed by atoms with Gasteiger partial charge in [0.15, 0.2) is 0 Å². The van der Waals surface area contributed by atoms with Crippen LogP contribution in [0.5, 0.6) is 0 Å². The smallest absolute Gasteiger partial charge is 0.0646 e. The molecule has 13 heavy (non-hydrogen) atoms. The second-order valence-electron chi connectivity index (χ2n) is 2.40. The highest BCUT2D eigenvalue weighted by Gasteiger charge is 1.97. The molecule has 0 saturated carbocycles. The zero-order valence-electron chi connectivity index (χ0n) is 7.30. The monoisotopic (exact) mass is 211 g/mol. The number of rotatable bonds is 2. The SMILES string of the molecule is CC#CCSc1ccc(N)c(Cl)c1. The topological polar surface area (TPSA) is 26.0 Å². The summed E-state index contributed by atoms with van der Waals surface area (Å²) in [7, 11) is 0. The first-order chi connectivity index (χ1) is 6.24. The van der Waals surface area contributed by atoms with E-state index in [4.69, 9.17) is 17.3 Å². The summed E-state index contributed by atoms with van der Waals surface area (Å²) >= 11 is 7.51. The predicted octanol–water partition coefficient (Wildman–Crippen LogP) is 3.04. The molecule has 0 aliphatic heterocycles. The summed E-state index contributed by atoms with van der Waals surface area (Å²) in [5, 5.41) is 0.606. The molecule has 0 fully saturated rings. The van der Waals surface area contributed by atoms with Crippen molar-refractivity contribution in [1.29, 1.82) is 0 Å². The van der Waals surface area contributed by atoms with Crippen LogP contribution >= 0.6 is 23.4 Å². The third-order valence-electron chi connectivity index (χ3n) is 1.46. The number of thioether (sulfide) groups is 1. The summed E-state index contributed by atoms with van der Waals surface area (Å²) in [6, 6.07) is 5.62. The molecule has 0 aliphatic rings. The van der Waals surface area contributed by atoms with Gasteiger partial charge >= 0.3 is 0 Å². The van der Waals surface area contributed by atoms with Crippen LogP contribution in [0.1, 0.15) is 6.92 Å². The van der Waals surface area contributed by atoms with Crippen LogP contribution in [0.4, 0.5) is 5.69 Å². The highest BCUT2D eigenvalue weighted by molar-refractivity contribution is 7.99. The molecule has 2 N–H and O–H groups in total. The fourth-order valence-electron chi connectivity index (χ4n) is 0.789. The van der Waals surface area contributed by atoms with Crippen LogP contribution < -0.4 is 5.73 Å². The summed E-state index contributed by atoms with van der Waals surface area (Å²) in [5.41, 5.74) is 6.19. The molecule has 1 aromatic rings. The van der Waals surface area contributed by atoms with Gasteiger partial charge in [-0.1, -0.05) is 17.5 Å². The molecule has 1 nitrogen and oxygen atoms in total. The molecule has 1 rings (SSSR count). The molecular weight excluding hydrogens is 202 g/mol. The molecule has 0 heterocycles. The minimum atomic E-state index is 0.606. The molecule has 0 radical (unpaired) electrons. The molecule has 0 aromatic heterocycles. The largest absolute Gasteiger partial charge is 0.398 e. The van der Waals surface area contributed by atoms with E-state index in [0.717, 1.165) is 10.6 Å². The summed E-state index contributed by atoms with van der Waals surface area (Å²) in [4.78, 5) is 1.10. The van der Waals surface area contributed by atoms with E-state index in [1.54, 1.807) is 11.8 Å². The number of hydrogen-bond donors (Lipinski definition) is 1. The quantitative estimate of drug-likeness (QED) is 0.462. The maximum absolute atomic E-state index is 5.85. The van der Waals surface area contributed by atoms with Gasteiger partial charge in [0.05, 0.1) is 16.5 Å². The van der Waals surface area contributed by atoms with Crippen LogP contribution in [0.3, 0.4) is 0 Å².